The monoisotopic (exact) mass is 403 g/mol. The van der Waals surface area contributed by atoms with E-state index in [1.165, 1.54) is 0 Å². The minimum Gasteiger partial charge on any atom is -0.409 e. The van der Waals surface area contributed by atoms with Gasteiger partial charge in [0.15, 0.2) is 11.6 Å². The molecular formula is C23H18ClN3O2. The van der Waals surface area contributed by atoms with Crippen molar-refractivity contribution in [2.75, 3.05) is 18.0 Å². The molecule has 0 radical (unpaired) electrons. The first-order valence-corrected chi connectivity index (χ1v) is 9.52. The number of carbonyl (C=O) groups is 1. The van der Waals surface area contributed by atoms with E-state index in [0.717, 1.165) is 16.8 Å². The van der Waals surface area contributed by atoms with Gasteiger partial charge in [-0.25, -0.2) is 4.99 Å². The van der Waals surface area contributed by atoms with E-state index in [1.54, 1.807) is 24.3 Å². The van der Waals surface area contributed by atoms with Crippen molar-refractivity contribution in [3.8, 4) is 0 Å². The summed E-state index contributed by atoms with van der Waals surface area (Å²) < 4.78 is 0. The third-order valence-corrected chi connectivity index (χ3v) is 5.07. The van der Waals surface area contributed by atoms with Gasteiger partial charge in [0.2, 0.25) is 0 Å². The number of carbonyl (C=O) groups excluding carboxylic acids is 1. The lowest BCUT2D eigenvalue weighted by molar-refractivity contribution is 0.1000. The average Bonchev–Trinajstić information content (AvgIpc) is 2.92. The van der Waals surface area contributed by atoms with Crippen molar-refractivity contribution in [1.29, 1.82) is 0 Å². The van der Waals surface area contributed by atoms with Gasteiger partial charge in [-0.2, -0.15) is 0 Å². The average molecular weight is 404 g/mol. The molecule has 3 aromatic carbocycles. The number of ketones is 1. The second kappa shape index (κ2) is 8.29. The minimum atomic E-state index is -0.120. The van der Waals surface area contributed by atoms with E-state index in [9.17, 15) is 10.0 Å². The molecule has 1 aliphatic heterocycles. The van der Waals surface area contributed by atoms with Crippen LogP contribution in [0.15, 0.2) is 89.0 Å². The molecule has 0 saturated heterocycles. The highest BCUT2D eigenvalue weighted by Crippen LogP contribution is 2.27. The zero-order chi connectivity index (χ0) is 20.2. The highest BCUT2D eigenvalue weighted by molar-refractivity contribution is 6.34. The number of fused-ring (bicyclic) bond motifs is 1. The SMILES string of the molecule is O=C(CN1CC(=NO)N=C(c2ccccc2)c2ccccc21)c1ccccc1Cl. The quantitative estimate of drug-likeness (QED) is 0.391. The summed E-state index contributed by atoms with van der Waals surface area (Å²) in [5, 5.41) is 13.3. The van der Waals surface area contributed by atoms with Crippen LogP contribution in [0.3, 0.4) is 0 Å². The summed E-state index contributed by atoms with van der Waals surface area (Å²) in [6.07, 6.45) is 0. The molecule has 0 unspecified atom stereocenters. The van der Waals surface area contributed by atoms with Crippen LogP contribution in [0, 0.1) is 0 Å². The van der Waals surface area contributed by atoms with Crippen molar-refractivity contribution in [1.82, 2.24) is 0 Å². The van der Waals surface area contributed by atoms with Crippen molar-refractivity contribution in [2.45, 2.75) is 0 Å². The summed E-state index contributed by atoms with van der Waals surface area (Å²) in [6.45, 7) is 0.275. The van der Waals surface area contributed by atoms with Gasteiger partial charge in [-0.1, -0.05) is 77.4 Å². The number of Topliss-reactive ketones (excluding diaryl/α,β-unsaturated/α-hetero) is 1. The number of benzene rings is 3. The summed E-state index contributed by atoms with van der Waals surface area (Å²) in [7, 11) is 0. The third kappa shape index (κ3) is 3.91. The number of rotatable bonds is 4. The van der Waals surface area contributed by atoms with E-state index in [1.807, 2.05) is 59.5 Å². The molecule has 0 aromatic heterocycles. The summed E-state index contributed by atoms with van der Waals surface area (Å²) in [6, 6.07) is 24.4. The lowest BCUT2D eigenvalue weighted by Gasteiger charge is -2.24. The molecule has 1 heterocycles. The van der Waals surface area contributed by atoms with E-state index in [2.05, 4.69) is 10.1 Å². The fourth-order valence-corrected chi connectivity index (χ4v) is 3.63. The maximum Gasteiger partial charge on any atom is 0.187 e. The van der Waals surface area contributed by atoms with Crippen molar-refractivity contribution in [3.63, 3.8) is 0 Å². The molecule has 0 saturated carbocycles. The zero-order valence-corrected chi connectivity index (χ0v) is 16.3. The number of hydrogen-bond donors (Lipinski definition) is 1. The second-order valence-corrected chi connectivity index (χ2v) is 7.03. The van der Waals surface area contributed by atoms with Crippen LogP contribution in [0.2, 0.25) is 5.02 Å². The Kier molecular flexibility index (Phi) is 5.40. The summed E-state index contributed by atoms with van der Waals surface area (Å²) in [5.74, 6) is 0.109. The number of halogens is 1. The van der Waals surface area contributed by atoms with Crippen molar-refractivity contribution >= 4 is 34.6 Å². The standard InChI is InChI=1S/C23H18ClN3O2/c24-19-12-6-4-10-17(19)21(28)14-27-15-22(26-29)25-23(16-8-2-1-3-9-16)18-11-5-7-13-20(18)27/h1-13,29H,14-15H2. The topological polar surface area (TPSA) is 65.3 Å². The molecule has 0 amide bonds. The third-order valence-electron chi connectivity index (χ3n) is 4.74. The molecule has 0 atom stereocenters. The van der Waals surface area contributed by atoms with Gasteiger partial charge in [0.25, 0.3) is 0 Å². The lowest BCUT2D eigenvalue weighted by Crippen LogP contribution is -2.34. The van der Waals surface area contributed by atoms with Gasteiger partial charge in [-0.15, -0.1) is 0 Å². The van der Waals surface area contributed by atoms with E-state index in [-0.39, 0.29) is 24.7 Å². The highest BCUT2D eigenvalue weighted by atomic mass is 35.5. The molecule has 4 rings (SSSR count). The number of hydrogen-bond acceptors (Lipinski definition) is 4. The molecule has 29 heavy (non-hydrogen) atoms. The first kappa shape index (κ1) is 18.9. The molecule has 6 heteroatoms. The fraction of sp³-hybridized carbons (Fsp3) is 0.0870. The van der Waals surface area contributed by atoms with E-state index in [0.29, 0.717) is 16.3 Å². The van der Waals surface area contributed by atoms with Crippen LogP contribution in [0.5, 0.6) is 0 Å². The Labute approximate surface area is 173 Å². The number of anilines is 1. The Morgan fingerprint density at radius 1 is 1.00 bits per heavy atom. The van der Waals surface area contributed by atoms with Crippen LogP contribution in [0.4, 0.5) is 5.69 Å². The van der Waals surface area contributed by atoms with Crippen LogP contribution in [-0.4, -0.2) is 35.6 Å². The summed E-state index contributed by atoms with van der Waals surface area (Å²) >= 11 is 6.20. The number of oxime groups is 1. The van der Waals surface area contributed by atoms with E-state index >= 15 is 0 Å². The van der Waals surface area contributed by atoms with Gasteiger partial charge in [0.1, 0.15) is 0 Å². The number of aliphatic imine (C=N–C) groups is 1. The van der Waals surface area contributed by atoms with Crippen molar-refractivity contribution < 1.29 is 10.0 Å². The zero-order valence-electron chi connectivity index (χ0n) is 15.5. The molecule has 3 aromatic rings. The lowest BCUT2D eigenvalue weighted by atomic mass is 10.00. The number of para-hydroxylation sites is 1. The molecule has 5 nitrogen and oxygen atoms in total. The van der Waals surface area contributed by atoms with Gasteiger partial charge >= 0.3 is 0 Å². The first-order valence-electron chi connectivity index (χ1n) is 9.14. The Hall–Kier alpha value is -3.44. The van der Waals surface area contributed by atoms with E-state index < -0.39 is 0 Å². The van der Waals surface area contributed by atoms with Crippen LogP contribution < -0.4 is 4.90 Å². The van der Waals surface area contributed by atoms with Crippen LogP contribution in [0.1, 0.15) is 21.5 Å². The fourth-order valence-electron chi connectivity index (χ4n) is 3.39. The molecule has 0 aliphatic carbocycles. The van der Waals surface area contributed by atoms with Gasteiger partial charge in [0.05, 0.1) is 23.8 Å². The van der Waals surface area contributed by atoms with Crippen LogP contribution in [0.25, 0.3) is 0 Å². The van der Waals surface area contributed by atoms with Gasteiger partial charge in [-0.05, 0) is 18.2 Å². The Morgan fingerprint density at radius 3 is 2.45 bits per heavy atom. The maximum absolute atomic E-state index is 12.9. The predicted molar refractivity (Wildman–Crippen MR) is 116 cm³/mol. The van der Waals surface area contributed by atoms with Crippen molar-refractivity contribution in [3.05, 3.63) is 101 Å². The van der Waals surface area contributed by atoms with Crippen LogP contribution in [-0.2, 0) is 0 Å². The molecular weight excluding hydrogens is 386 g/mol. The molecule has 1 N–H and O–H groups in total. The molecule has 144 valence electrons. The number of benzodiazepines with no additional fused rings is 1. The molecule has 0 spiro atoms. The molecule has 1 aliphatic rings. The second-order valence-electron chi connectivity index (χ2n) is 6.62. The summed E-state index contributed by atoms with van der Waals surface area (Å²) in [5.41, 5.74) is 3.77. The van der Waals surface area contributed by atoms with Gasteiger partial charge in [-0.3, -0.25) is 4.79 Å². The predicted octanol–water partition coefficient (Wildman–Crippen LogP) is 4.67. The van der Waals surface area contributed by atoms with Crippen LogP contribution >= 0.6 is 11.6 Å². The summed E-state index contributed by atoms with van der Waals surface area (Å²) in [4.78, 5) is 19.4. The first-order chi connectivity index (χ1) is 14.2. The highest BCUT2D eigenvalue weighted by Gasteiger charge is 2.25. The largest absolute Gasteiger partial charge is 0.409 e. The van der Waals surface area contributed by atoms with Gasteiger partial charge in [0, 0.05) is 22.4 Å². The number of nitrogens with zero attached hydrogens (tertiary/aromatic N) is 3. The van der Waals surface area contributed by atoms with E-state index in [4.69, 9.17) is 11.6 Å². The number of amidine groups is 1. The minimum absolute atomic E-state index is 0.0807. The van der Waals surface area contributed by atoms with Crippen molar-refractivity contribution in [2.24, 2.45) is 10.1 Å². The normalized spacial score (nSPS) is 14.9. The maximum atomic E-state index is 12.9. The smallest absolute Gasteiger partial charge is 0.187 e. The Bertz CT molecular complexity index is 1110. The van der Waals surface area contributed by atoms with Gasteiger partial charge < -0.3 is 10.1 Å². The molecule has 0 bridgehead atoms. The molecule has 0 fully saturated rings. The Balaban J connectivity index is 1.76. The Morgan fingerprint density at radius 2 is 1.69 bits per heavy atom.